The molecule has 0 saturated heterocycles. The predicted octanol–water partition coefficient (Wildman–Crippen LogP) is 5.02. The topological polar surface area (TPSA) is 35.2 Å². The van der Waals surface area contributed by atoms with E-state index >= 15 is 0 Å². The molecule has 1 heterocycles. The second-order valence-electron chi connectivity index (χ2n) is 6.52. The molecule has 1 aromatic heterocycles. The first-order valence-corrected chi connectivity index (χ1v) is 9.66. The van der Waals surface area contributed by atoms with Gasteiger partial charge in [0.25, 0.3) is 0 Å². The minimum absolute atomic E-state index is 0.579. The number of rotatable bonds is 8. The van der Waals surface area contributed by atoms with Gasteiger partial charge >= 0.3 is 0 Å². The molecule has 0 bridgehead atoms. The van der Waals surface area contributed by atoms with Crippen molar-refractivity contribution in [2.24, 2.45) is 0 Å². The molecule has 0 aliphatic carbocycles. The summed E-state index contributed by atoms with van der Waals surface area (Å²) in [6, 6.07) is 15.7. The maximum Gasteiger partial charge on any atom is 0.199 e. The number of allylic oxidation sites excluding steroid dienone is 1. The maximum absolute atomic E-state index is 6.02. The zero-order valence-corrected chi connectivity index (χ0v) is 17.6. The Balaban J connectivity index is 1.82. The third kappa shape index (κ3) is 4.70. The standard InChI is InChI=1S/C21H23ClN4OS/c1-4-13-25-20(17-7-9-18(22)10-8-17)23-26(21(25)28)15-24(2)14-16-5-11-19(27-3)12-6-16/h4-12H,1,13-15H2,2-3H3. The molecule has 5 nitrogen and oxygen atoms in total. The third-order valence-corrected chi connectivity index (χ3v) is 5.01. The van der Waals surface area contributed by atoms with Crippen LogP contribution in [0.3, 0.4) is 0 Å². The van der Waals surface area contributed by atoms with Crippen LogP contribution < -0.4 is 4.74 Å². The summed E-state index contributed by atoms with van der Waals surface area (Å²) in [6.45, 7) is 5.79. The van der Waals surface area contributed by atoms with E-state index in [1.807, 2.05) is 58.8 Å². The van der Waals surface area contributed by atoms with E-state index in [2.05, 4.69) is 23.6 Å². The van der Waals surface area contributed by atoms with Crippen LogP contribution in [0.1, 0.15) is 5.56 Å². The largest absolute Gasteiger partial charge is 0.497 e. The predicted molar refractivity (Wildman–Crippen MR) is 116 cm³/mol. The fourth-order valence-corrected chi connectivity index (χ4v) is 3.35. The van der Waals surface area contributed by atoms with Crippen LogP contribution in [0.4, 0.5) is 0 Å². The number of halogens is 1. The van der Waals surface area contributed by atoms with E-state index in [1.54, 1.807) is 7.11 Å². The summed E-state index contributed by atoms with van der Waals surface area (Å²) in [5.74, 6) is 1.66. The smallest absolute Gasteiger partial charge is 0.199 e. The molecule has 3 rings (SSSR count). The maximum atomic E-state index is 6.02. The molecule has 0 aliphatic heterocycles. The molecule has 0 N–H and O–H groups in total. The molecule has 0 spiro atoms. The highest BCUT2D eigenvalue weighted by molar-refractivity contribution is 7.71. The molecule has 146 valence electrons. The normalized spacial score (nSPS) is 11.0. The van der Waals surface area contributed by atoms with Gasteiger partial charge in [0.1, 0.15) is 5.75 Å². The van der Waals surface area contributed by atoms with Crippen LogP contribution in [-0.2, 0) is 19.8 Å². The van der Waals surface area contributed by atoms with Gasteiger partial charge < -0.3 is 4.74 Å². The van der Waals surface area contributed by atoms with Crippen LogP contribution >= 0.6 is 23.8 Å². The first-order chi connectivity index (χ1) is 13.5. The third-order valence-electron chi connectivity index (χ3n) is 4.32. The second kappa shape index (κ2) is 9.19. The van der Waals surface area contributed by atoms with E-state index in [9.17, 15) is 0 Å². The summed E-state index contributed by atoms with van der Waals surface area (Å²) in [4.78, 5) is 2.16. The number of nitrogens with zero attached hydrogens (tertiary/aromatic N) is 4. The van der Waals surface area contributed by atoms with E-state index < -0.39 is 0 Å². The molecule has 0 amide bonds. The monoisotopic (exact) mass is 414 g/mol. The Hall–Kier alpha value is -2.41. The van der Waals surface area contributed by atoms with Crippen molar-refractivity contribution < 1.29 is 4.74 Å². The van der Waals surface area contributed by atoms with Crippen molar-refractivity contribution >= 4 is 23.8 Å². The fourth-order valence-electron chi connectivity index (χ4n) is 2.96. The van der Waals surface area contributed by atoms with Crippen LogP contribution in [0.5, 0.6) is 5.75 Å². The van der Waals surface area contributed by atoms with E-state index in [0.717, 1.165) is 23.7 Å². The Morgan fingerprint density at radius 3 is 2.46 bits per heavy atom. The molecule has 28 heavy (non-hydrogen) atoms. The number of aromatic nitrogens is 3. The minimum atomic E-state index is 0.579. The van der Waals surface area contributed by atoms with Crippen LogP contribution in [0, 0.1) is 4.77 Å². The molecular formula is C21H23ClN4OS. The highest BCUT2D eigenvalue weighted by Crippen LogP contribution is 2.21. The lowest BCUT2D eigenvalue weighted by Crippen LogP contribution is -2.22. The van der Waals surface area contributed by atoms with Gasteiger partial charge in [0.15, 0.2) is 10.6 Å². The first kappa shape index (κ1) is 20.3. The molecule has 2 aromatic carbocycles. The average molecular weight is 415 g/mol. The lowest BCUT2D eigenvalue weighted by molar-refractivity contribution is 0.244. The van der Waals surface area contributed by atoms with Gasteiger partial charge in [-0.3, -0.25) is 9.47 Å². The van der Waals surface area contributed by atoms with Crippen molar-refractivity contribution in [3.63, 3.8) is 0 Å². The Bertz CT molecular complexity index is 993. The zero-order chi connectivity index (χ0) is 20.1. The van der Waals surface area contributed by atoms with Gasteiger partial charge in [-0.1, -0.05) is 29.8 Å². The second-order valence-corrected chi connectivity index (χ2v) is 7.32. The fraction of sp³-hybridized carbons (Fsp3) is 0.238. The van der Waals surface area contributed by atoms with Crippen LogP contribution in [0.2, 0.25) is 5.02 Å². The van der Waals surface area contributed by atoms with Crippen LogP contribution in [0.25, 0.3) is 11.4 Å². The van der Waals surface area contributed by atoms with Gasteiger partial charge in [-0.25, -0.2) is 4.68 Å². The highest BCUT2D eigenvalue weighted by Gasteiger charge is 2.13. The zero-order valence-electron chi connectivity index (χ0n) is 16.0. The van der Waals surface area contributed by atoms with E-state index in [4.69, 9.17) is 33.7 Å². The molecule has 0 unspecified atom stereocenters. The Morgan fingerprint density at radius 1 is 1.18 bits per heavy atom. The summed E-state index contributed by atoms with van der Waals surface area (Å²) in [6.07, 6.45) is 1.82. The number of methoxy groups -OCH3 is 1. The van der Waals surface area contributed by atoms with E-state index in [1.165, 1.54) is 5.56 Å². The molecule has 0 fully saturated rings. The van der Waals surface area contributed by atoms with Crippen LogP contribution in [-0.4, -0.2) is 33.4 Å². The van der Waals surface area contributed by atoms with Gasteiger partial charge in [0, 0.05) is 23.7 Å². The Morgan fingerprint density at radius 2 is 1.86 bits per heavy atom. The molecule has 0 atom stereocenters. The number of hydrogen-bond acceptors (Lipinski definition) is 4. The summed E-state index contributed by atoms with van der Waals surface area (Å²) in [5, 5.41) is 5.45. The van der Waals surface area contributed by atoms with Crippen molar-refractivity contribution in [1.82, 2.24) is 19.2 Å². The van der Waals surface area contributed by atoms with E-state index in [-0.39, 0.29) is 0 Å². The number of ether oxygens (including phenoxy) is 1. The number of hydrogen-bond donors (Lipinski definition) is 0. The van der Waals surface area contributed by atoms with E-state index in [0.29, 0.717) is 23.0 Å². The lowest BCUT2D eigenvalue weighted by Gasteiger charge is -2.16. The number of benzene rings is 2. The molecule has 0 aliphatic rings. The van der Waals surface area contributed by atoms with Gasteiger partial charge in [0.05, 0.1) is 13.8 Å². The van der Waals surface area contributed by atoms with Gasteiger partial charge in [-0.05, 0) is 61.2 Å². The van der Waals surface area contributed by atoms with Crippen molar-refractivity contribution in [3.8, 4) is 17.1 Å². The molecule has 3 aromatic rings. The summed E-state index contributed by atoms with van der Waals surface area (Å²) in [5.41, 5.74) is 2.16. The van der Waals surface area contributed by atoms with Crippen molar-refractivity contribution in [2.45, 2.75) is 19.8 Å². The van der Waals surface area contributed by atoms with Crippen molar-refractivity contribution in [3.05, 3.63) is 76.5 Å². The summed E-state index contributed by atoms with van der Waals surface area (Å²) < 4.78 is 9.69. The molecular weight excluding hydrogens is 392 g/mol. The molecule has 7 heteroatoms. The average Bonchev–Trinajstić information content (AvgIpc) is 2.99. The first-order valence-electron chi connectivity index (χ1n) is 8.87. The van der Waals surface area contributed by atoms with Crippen molar-refractivity contribution in [1.29, 1.82) is 0 Å². The molecule has 0 saturated carbocycles. The summed E-state index contributed by atoms with van der Waals surface area (Å²) >= 11 is 11.7. The molecule has 0 radical (unpaired) electrons. The quantitative estimate of drug-likeness (QED) is 0.383. The lowest BCUT2D eigenvalue weighted by atomic mass is 10.2. The van der Waals surface area contributed by atoms with Gasteiger partial charge in [-0.2, -0.15) is 5.10 Å². The van der Waals surface area contributed by atoms with Gasteiger partial charge in [0.2, 0.25) is 0 Å². The Kier molecular flexibility index (Phi) is 6.67. The summed E-state index contributed by atoms with van der Waals surface area (Å²) in [7, 11) is 3.71. The highest BCUT2D eigenvalue weighted by atomic mass is 35.5. The van der Waals surface area contributed by atoms with Crippen molar-refractivity contribution in [2.75, 3.05) is 14.2 Å². The minimum Gasteiger partial charge on any atom is -0.497 e. The van der Waals surface area contributed by atoms with Crippen LogP contribution in [0.15, 0.2) is 61.2 Å². The SMILES string of the molecule is C=CCn1c(-c2ccc(Cl)cc2)nn(CN(C)Cc2ccc(OC)cc2)c1=S. The Labute approximate surface area is 175 Å². The van der Waals surface area contributed by atoms with Gasteiger partial charge in [-0.15, -0.1) is 6.58 Å².